The SMILES string of the molecule is COc1ccc2c(c1)nc(N)n2Cc1sccc1Br. The second kappa shape index (κ2) is 4.86. The van der Waals surface area contributed by atoms with Crippen LogP contribution in [0.1, 0.15) is 4.88 Å². The van der Waals surface area contributed by atoms with Crippen LogP contribution >= 0.6 is 27.3 Å². The Balaban J connectivity index is 2.08. The largest absolute Gasteiger partial charge is 0.497 e. The molecule has 98 valence electrons. The lowest BCUT2D eigenvalue weighted by Crippen LogP contribution is -2.03. The van der Waals surface area contributed by atoms with Gasteiger partial charge in [-0.2, -0.15) is 0 Å². The number of hydrogen-bond acceptors (Lipinski definition) is 4. The van der Waals surface area contributed by atoms with E-state index in [1.807, 2.05) is 28.8 Å². The zero-order valence-corrected chi connectivity index (χ0v) is 12.7. The van der Waals surface area contributed by atoms with Crippen molar-refractivity contribution in [3.8, 4) is 5.75 Å². The summed E-state index contributed by atoms with van der Waals surface area (Å²) in [5.41, 5.74) is 7.88. The Morgan fingerprint density at radius 2 is 2.26 bits per heavy atom. The third-order valence-corrected chi connectivity index (χ3v) is 4.89. The van der Waals surface area contributed by atoms with Crippen LogP contribution in [-0.4, -0.2) is 16.7 Å². The Labute approximate surface area is 123 Å². The van der Waals surface area contributed by atoms with Gasteiger partial charge in [0.05, 0.1) is 24.7 Å². The summed E-state index contributed by atoms with van der Waals surface area (Å²) in [4.78, 5) is 5.61. The van der Waals surface area contributed by atoms with Gasteiger partial charge < -0.3 is 15.0 Å². The summed E-state index contributed by atoms with van der Waals surface area (Å²) >= 11 is 5.24. The van der Waals surface area contributed by atoms with Crippen molar-refractivity contribution in [2.24, 2.45) is 0 Å². The van der Waals surface area contributed by atoms with Crippen LogP contribution in [-0.2, 0) is 6.54 Å². The Kier molecular flexibility index (Phi) is 3.20. The fourth-order valence-corrected chi connectivity index (χ4v) is 3.47. The van der Waals surface area contributed by atoms with Crippen molar-refractivity contribution in [3.05, 3.63) is 39.0 Å². The smallest absolute Gasteiger partial charge is 0.201 e. The molecule has 2 aromatic heterocycles. The number of methoxy groups -OCH3 is 1. The Hall–Kier alpha value is -1.53. The van der Waals surface area contributed by atoms with Crippen molar-refractivity contribution in [1.82, 2.24) is 9.55 Å². The van der Waals surface area contributed by atoms with E-state index in [1.165, 1.54) is 4.88 Å². The molecule has 0 aliphatic heterocycles. The van der Waals surface area contributed by atoms with Crippen LogP contribution in [0.3, 0.4) is 0 Å². The molecule has 0 unspecified atom stereocenters. The average molecular weight is 338 g/mol. The number of imidazole rings is 1. The predicted molar refractivity (Wildman–Crippen MR) is 81.8 cm³/mol. The minimum atomic E-state index is 0.517. The minimum Gasteiger partial charge on any atom is -0.497 e. The summed E-state index contributed by atoms with van der Waals surface area (Å²) in [5.74, 6) is 1.30. The van der Waals surface area contributed by atoms with Crippen LogP contribution in [0.15, 0.2) is 34.1 Å². The van der Waals surface area contributed by atoms with Crippen LogP contribution in [0.2, 0.25) is 0 Å². The zero-order chi connectivity index (χ0) is 13.4. The molecule has 0 atom stereocenters. The average Bonchev–Trinajstić information content (AvgIpc) is 2.94. The molecule has 0 fully saturated rings. The van der Waals surface area contributed by atoms with Crippen molar-refractivity contribution in [2.75, 3.05) is 12.8 Å². The predicted octanol–water partition coefficient (Wildman–Crippen LogP) is 3.50. The molecule has 0 amide bonds. The first kappa shape index (κ1) is 12.5. The van der Waals surface area contributed by atoms with Crippen LogP contribution in [0, 0.1) is 0 Å². The third-order valence-electron chi connectivity index (χ3n) is 2.98. The molecule has 6 heteroatoms. The number of fused-ring (bicyclic) bond motifs is 1. The molecule has 0 spiro atoms. The first-order valence-corrected chi connectivity index (χ1v) is 7.38. The van der Waals surface area contributed by atoms with Crippen molar-refractivity contribution in [1.29, 1.82) is 0 Å². The second-order valence-electron chi connectivity index (χ2n) is 4.10. The highest BCUT2D eigenvalue weighted by atomic mass is 79.9. The highest BCUT2D eigenvalue weighted by molar-refractivity contribution is 9.10. The first-order chi connectivity index (χ1) is 9.19. The molecule has 2 heterocycles. The molecular formula is C13H12BrN3OS. The number of ether oxygens (including phenoxy) is 1. The van der Waals surface area contributed by atoms with E-state index in [0.29, 0.717) is 12.5 Å². The molecule has 0 bridgehead atoms. The molecular weight excluding hydrogens is 326 g/mol. The topological polar surface area (TPSA) is 53.1 Å². The Bertz CT molecular complexity index is 735. The number of hydrogen-bond donors (Lipinski definition) is 1. The molecule has 0 aliphatic rings. The highest BCUT2D eigenvalue weighted by Gasteiger charge is 2.11. The molecule has 3 aromatic rings. The normalized spacial score (nSPS) is 11.1. The van der Waals surface area contributed by atoms with Gasteiger partial charge in [0.2, 0.25) is 5.95 Å². The molecule has 19 heavy (non-hydrogen) atoms. The number of thiophene rings is 1. The fraction of sp³-hybridized carbons (Fsp3) is 0.154. The third kappa shape index (κ3) is 2.21. The Morgan fingerprint density at radius 3 is 2.95 bits per heavy atom. The van der Waals surface area contributed by atoms with Crippen molar-refractivity contribution < 1.29 is 4.74 Å². The standard InChI is InChI=1S/C13H12BrN3OS/c1-18-8-2-3-11-10(6-8)16-13(15)17(11)7-12-9(14)4-5-19-12/h2-6H,7H2,1H3,(H2,15,16). The second-order valence-corrected chi connectivity index (χ2v) is 5.96. The molecule has 0 saturated carbocycles. The van der Waals surface area contributed by atoms with Gasteiger partial charge in [0.15, 0.2) is 0 Å². The highest BCUT2D eigenvalue weighted by Crippen LogP contribution is 2.28. The summed E-state index contributed by atoms with van der Waals surface area (Å²) in [6.07, 6.45) is 0. The molecule has 0 saturated heterocycles. The number of halogens is 1. The van der Waals surface area contributed by atoms with Gasteiger partial charge in [-0.1, -0.05) is 0 Å². The van der Waals surface area contributed by atoms with Crippen LogP contribution in [0.5, 0.6) is 5.75 Å². The summed E-state index contributed by atoms with van der Waals surface area (Å²) in [6.45, 7) is 0.715. The number of nitrogens with zero attached hydrogens (tertiary/aromatic N) is 2. The van der Waals surface area contributed by atoms with Gasteiger partial charge in [0.1, 0.15) is 5.75 Å². The maximum absolute atomic E-state index is 6.01. The van der Waals surface area contributed by atoms with Gasteiger partial charge >= 0.3 is 0 Å². The maximum atomic E-state index is 6.01. The monoisotopic (exact) mass is 337 g/mol. The van der Waals surface area contributed by atoms with Crippen LogP contribution < -0.4 is 10.5 Å². The van der Waals surface area contributed by atoms with Gasteiger partial charge in [-0.05, 0) is 39.5 Å². The summed E-state index contributed by atoms with van der Waals surface area (Å²) in [5, 5.41) is 2.05. The van der Waals surface area contributed by atoms with Gasteiger partial charge in [-0.3, -0.25) is 0 Å². The van der Waals surface area contributed by atoms with E-state index in [1.54, 1.807) is 18.4 Å². The van der Waals surface area contributed by atoms with Crippen molar-refractivity contribution >= 4 is 44.2 Å². The van der Waals surface area contributed by atoms with Crippen molar-refractivity contribution in [2.45, 2.75) is 6.54 Å². The number of aromatic nitrogens is 2. The Morgan fingerprint density at radius 1 is 1.42 bits per heavy atom. The first-order valence-electron chi connectivity index (χ1n) is 5.70. The van der Waals surface area contributed by atoms with Crippen LogP contribution in [0.4, 0.5) is 5.95 Å². The van der Waals surface area contributed by atoms with Crippen LogP contribution in [0.25, 0.3) is 11.0 Å². The van der Waals surface area contributed by atoms with Gasteiger partial charge in [-0.15, -0.1) is 11.3 Å². The van der Waals surface area contributed by atoms with E-state index in [4.69, 9.17) is 10.5 Å². The maximum Gasteiger partial charge on any atom is 0.201 e. The summed E-state index contributed by atoms with van der Waals surface area (Å²) in [6, 6.07) is 7.84. The lowest BCUT2D eigenvalue weighted by atomic mass is 10.3. The van der Waals surface area contributed by atoms with Gasteiger partial charge in [-0.25, -0.2) is 4.98 Å². The van der Waals surface area contributed by atoms with E-state index < -0.39 is 0 Å². The molecule has 0 aliphatic carbocycles. The van der Waals surface area contributed by atoms with E-state index in [0.717, 1.165) is 21.3 Å². The molecule has 4 nitrogen and oxygen atoms in total. The number of nitrogens with two attached hydrogens (primary N) is 1. The van der Waals surface area contributed by atoms with E-state index in [-0.39, 0.29) is 0 Å². The quantitative estimate of drug-likeness (QED) is 0.795. The molecule has 2 N–H and O–H groups in total. The number of anilines is 1. The summed E-state index contributed by atoms with van der Waals surface area (Å²) in [7, 11) is 1.64. The fourth-order valence-electron chi connectivity index (χ4n) is 2.00. The minimum absolute atomic E-state index is 0.517. The van der Waals surface area contributed by atoms with Gasteiger partial charge in [0, 0.05) is 15.4 Å². The van der Waals surface area contributed by atoms with E-state index >= 15 is 0 Å². The zero-order valence-electron chi connectivity index (χ0n) is 10.3. The number of rotatable bonds is 3. The lowest BCUT2D eigenvalue weighted by molar-refractivity contribution is 0.415. The number of benzene rings is 1. The molecule has 3 rings (SSSR count). The van der Waals surface area contributed by atoms with Gasteiger partial charge in [0.25, 0.3) is 0 Å². The number of nitrogen functional groups attached to an aromatic ring is 1. The summed E-state index contributed by atoms with van der Waals surface area (Å²) < 4.78 is 8.31. The lowest BCUT2D eigenvalue weighted by Gasteiger charge is -2.05. The molecule has 1 aromatic carbocycles. The molecule has 0 radical (unpaired) electrons. The van der Waals surface area contributed by atoms with E-state index in [2.05, 4.69) is 26.3 Å². The van der Waals surface area contributed by atoms with E-state index in [9.17, 15) is 0 Å². The van der Waals surface area contributed by atoms with Crippen molar-refractivity contribution in [3.63, 3.8) is 0 Å².